The summed E-state index contributed by atoms with van der Waals surface area (Å²) < 4.78 is 33.2. The molecule has 0 aliphatic heterocycles. The zero-order valence-electron chi connectivity index (χ0n) is 57.7. The van der Waals surface area contributed by atoms with E-state index in [1.165, 1.54) is 244 Å². The number of phosphoric acid groups is 1. The molecule has 0 aliphatic carbocycles. The largest absolute Gasteiger partial charge is 0.472 e. The Bertz CT molecular complexity index is 1720. The summed E-state index contributed by atoms with van der Waals surface area (Å²) in [6.07, 6.45) is 98.4. The van der Waals surface area contributed by atoms with Crippen molar-refractivity contribution in [3.8, 4) is 0 Å². The van der Waals surface area contributed by atoms with E-state index in [0.717, 1.165) is 89.9 Å². The van der Waals surface area contributed by atoms with Gasteiger partial charge in [-0.15, -0.1) is 0 Å². The highest BCUT2D eigenvalue weighted by atomic mass is 31.2. The van der Waals surface area contributed by atoms with Crippen LogP contribution in [0, 0.1) is 0 Å². The third-order valence-corrected chi connectivity index (χ3v) is 17.5. The van der Waals surface area contributed by atoms with E-state index < -0.39 is 26.5 Å². The molecule has 2 unspecified atom stereocenters. The first-order valence-corrected chi connectivity index (χ1v) is 39.1. The maximum atomic E-state index is 12.8. The first-order valence-electron chi connectivity index (χ1n) is 37.6. The highest BCUT2D eigenvalue weighted by Crippen LogP contribution is 2.43. The Morgan fingerprint density at radius 3 is 0.932 bits per heavy atom. The van der Waals surface area contributed by atoms with Gasteiger partial charge in [-0.1, -0.05) is 369 Å². The number of allylic oxidation sites excluding steroid dienone is 14. The summed E-state index contributed by atoms with van der Waals surface area (Å²) in [5.41, 5.74) is 5.41. The van der Waals surface area contributed by atoms with E-state index >= 15 is 0 Å². The van der Waals surface area contributed by atoms with Crippen molar-refractivity contribution in [3.63, 3.8) is 0 Å². The molecule has 0 aromatic heterocycles. The number of nitrogens with two attached hydrogens (primary N) is 1. The Kier molecular flexibility index (Phi) is 70.9. The molecule has 0 spiro atoms. The van der Waals surface area contributed by atoms with E-state index in [4.69, 9.17) is 24.3 Å². The Morgan fingerprint density at radius 1 is 0.352 bits per heavy atom. The molecule has 0 aromatic carbocycles. The molecule has 9 nitrogen and oxygen atoms in total. The normalized spacial score (nSPS) is 13.4. The van der Waals surface area contributed by atoms with Crippen LogP contribution in [-0.4, -0.2) is 49.3 Å². The quantitative estimate of drug-likeness (QED) is 0.0264. The lowest BCUT2D eigenvalue weighted by atomic mass is 10.0. The number of phosphoric ester groups is 1. The number of ether oxygens (including phenoxy) is 2. The monoisotopic (exact) mass is 1250 g/mol. The van der Waals surface area contributed by atoms with Crippen LogP contribution >= 0.6 is 7.82 Å². The standard InChI is InChI=1S/C78H142NO8P/c1-3-5-7-9-11-13-15-17-19-21-23-25-27-29-31-33-35-37-39-40-42-44-46-48-50-52-54-56-58-60-62-64-66-68-70-77(80)84-74-76(75-86-88(82,83)85-73-72-79)87-78(81)71-69-67-65-63-61-59-57-55-53-51-49-47-45-43-41-38-36-34-32-30-28-26-24-22-20-18-16-14-12-10-8-6-4-2/h6,8,12,14,18,20,24,26,30,32,36,38,43,45,76H,3-5,7,9-11,13,15-17,19,21-23,25,27-29,31,33-35,37,39-42,44,46-75,79H2,1-2H3,(H,82,83)/b8-6-,14-12-,20-18-,26-24-,32-30-,38-36-,45-43-. The van der Waals surface area contributed by atoms with Gasteiger partial charge in [-0.05, 0) is 70.6 Å². The molecule has 88 heavy (non-hydrogen) atoms. The first kappa shape index (κ1) is 85.2. The van der Waals surface area contributed by atoms with E-state index in [1.54, 1.807) is 0 Å². The van der Waals surface area contributed by atoms with Crippen molar-refractivity contribution in [2.45, 2.75) is 373 Å². The summed E-state index contributed by atoms with van der Waals surface area (Å²) in [6.45, 7) is 3.68. The summed E-state index contributed by atoms with van der Waals surface area (Å²) in [5, 5.41) is 0. The van der Waals surface area contributed by atoms with Crippen LogP contribution in [-0.2, 0) is 32.7 Å². The third-order valence-electron chi connectivity index (χ3n) is 16.5. The molecule has 0 fully saturated rings. The zero-order valence-corrected chi connectivity index (χ0v) is 58.6. The average molecular weight is 1250 g/mol. The Hall–Kier alpha value is -2.81. The second-order valence-electron chi connectivity index (χ2n) is 25.1. The Morgan fingerprint density at radius 2 is 0.625 bits per heavy atom. The second-order valence-corrected chi connectivity index (χ2v) is 26.6. The number of carbonyl (C=O) groups is 2. The second kappa shape index (κ2) is 73.2. The van der Waals surface area contributed by atoms with E-state index in [-0.39, 0.29) is 38.6 Å². The van der Waals surface area contributed by atoms with Gasteiger partial charge in [0.05, 0.1) is 13.2 Å². The van der Waals surface area contributed by atoms with Gasteiger partial charge in [0.25, 0.3) is 0 Å². The molecular formula is C78H142NO8P. The minimum Gasteiger partial charge on any atom is -0.462 e. The molecule has 0 saturated carbocycles. The van der Waals surface area contributed by atoms with Crippen LogP contribution in [0.1, 0.15) is 367 Å². The first-order chi connectivity index (χ1) is 43.3. The molecule has 0 aromatic rings. The van der Waals surface area contributed by atoms with Gasteiger partial charge < -0.3 is 20.1 Å². The smallest absolute Gasteiger partial charge is 0.462 e. The third kappa shape index (κ3) is 72.3. The van der Waals surface area contributed by atoms with Crippen LogP contribution < -0.4 is 5.73 Å². The van der Waals surface area contributed by atoms with Crippen molar-refractivity contribution < 1.29 is 37.6 Å². The molecule has 0 amide bonds. The minimum absolute atomic E-state index is 0.0516. The molecule has 3 N–H and O–H groups in total. The van der Waals surface area contributed by atoms with Crippen LogP contribution in [0.15, 0.2) is 85.1 Å². The molecule has 0 heterocycles. The number of esters is 2. The van der Waals surface area contributed by atoms with Crippen molar-refractivity contribution in [1.29, 1.82) is 0 Å². The van der Waals surface area contributed by atoms with Gasteiger partial charge in [0.1, 0.15) is 6.61 Å². The molecule has 0 saturated heterocycles. The molecule has 512 valence electrons. The van der Waals surface area contributed by atoms with E-state index in [2.05, 4.69) is 98.9 Å². The SMILES string of the molecule is CC/C=C\C/C=C\C/C=C\C/C=C\C/C=C\C/C=C\C/C=C\CCCCCCCCCCCCCC(=O)OC(COC(=O)CCCCCCCCCCCCCCCCCCCCCCCCCCCCCCCCCCCC)COP(=O)(O)OCCN. The minimum atomic E-state index is -4.40. The van der Waals surface area contributed by atoms with Crippen LogP contribution in [0.5, 0.6) is 0 Å². The highest BCUT2D eigenvalue weighted by Gasteiger charge is 2.26. The van der Waals surface area contributed by atoms with Gasteiger partial charge in [0.2, 0.25) is 0 Å². The van der Waals surface area contributed by atoms with E-state index in [1.807, 2.05) is 0 Å². The fraction of sp³-hybridized carbons (Fsp3) is 0.795. The van der Waals surface area contributed by atoms with Crippen molar-refractivity contribution >= 4 is 19.8 Å². The topological polar surface area (TPSA) is 134 Å². The predicted octanol–water partition coefficient (Wildman–Crippen LogP) is 24.9. The highest BCUT2D eigenvalue weighted by molar-refractivity contribution is 7.47. The lowest BCUT2D eigenvalue weighted by molar-refractivity contribution is -0.161. The molecule has 10 heteroatoms. The Labute approximate surface area is 544 Å². The summed E-state index contributed by atoms with van der Waals surface area (Å²) in [7, 11) is -4.40. The van der Waals surface area contributed by atoms with Gasteiger partial charge in [0, 0.05) is 19.4 Å². The molecule has 0 rings (SSSR count). The number of carbonyl (C=O) groups excluding carboxylic acids is 2. The summed E-state index contributed by atoms with van der Waals surface area (Å²) in [4.78, 5) is 35.4. The molecular weight excluding hydrogens is 1110 g/mol. The molecule has 2 atom stereocenters. The maximum absolute atomic E-state index is 12.8. The molecule has 0 radical (unpaired) electrons. The fourth-order valence-electron chi connectivity index (χ4n) is 11.0. The average Bonchev–Trinajstić information content (AvgIpc) is 3.53. The van der Waals surface area contributed by atoms with E-state index in [9.17, 15) is 19.0 Å². The Balaban J connectivity index is 3.84. The number of hydrogen-bond donors (Lipinski definition) is 2. The van der Waals surface area contributed by atoms with Crippen molar-refractivity contribution in [2.24, 2.45) is 5.73 Å². The fourth-order valence-corrected chi connectivity index (χ4v) is 11.8. The van der Waals surface area contributed by atoms with Gasteiger partial charge in [-0.3, -0.25) is 18.6 Å². The predicted molar refractivity (Wildman–Crippen MR) is 381 cm³/mol. The summed E-state index contributed by atoms with van der Waals surface area (Å²) in [6, 6.07) is 0. The maximum Gasteiger partial charge on any atom is 0.472 e. The number of rotatable bonds is 71. The zero-order chi connectivity index (χ0) is 63.7. The lowest BCUT2D eigenvalue weighted by Crippen LogP contribution is -2.29. The molecule has 0 aliphatic rings. The van der Waals surface area contributed by atoms with Crippen molar-refractivity contribution in [1.82, 2.24) is 0 Å². The van der Waals surface area contributed by atoms with Crippen LogP contribution in [0.3, 0.4) is 0 Å². The van der Waals surface area contributed by atoms with Gasteiger partial charge in [0.15, 0.2) is 6.10 Å². The van der Waals surface area contributed by atoms with Crippen LogP contribution in [0.25, 0.3) is 0 Å². The molecule has 0 bridgehead atoms. The van der Waals surface area contributed by atoms with Gasteiger partial charge in [-0.2, -0.15) is 0 Å². The van der Waals surface area contributed by atoms with Crippen LogP contribution in [0.2, 0.25) is 0 Å². The summed E-state index contributed by atoms with van der Waals surface area (Å²) >= 11 is 0. The van der Waals surface area contributed by atoms with E-state index in [0.29, 0.717) is 6.42 Å². The lowest BCUT2D eigenvalue weighted by Gasteiger charge is -2.19. The van der Waals surface area contributed by atoms with Crippen LogP contribution in [0.4, 0.5) is 0 Å². The van der Waals surface area contributed by atoms with Gasteiger partial charge in [-0.25, -0.2) is 4.57 Å². The van der Waals surface area contributed by atoms with Crippen molar-refractivity contribution in [3.05, 3.63) is 85.1 Å². The number of hydrogen-bond acceptors (Lipinski definition) is 8. The summed E-state index contributed by atoms with van der Waals surface area (Å²) in [5.74, 6) is -0.817. The van der Waals surface area contributed by atoms with Gasteiger partial charge >= 0.3 is 19.8 Å². The van der Waals surface area contributed by atoms with Crippen molar-refractivity contribution in [2.75, 3.05) is 26.4 Å². The number of unbranched alkanes of at least 4 members (excludes halogenated alkanes) is 44.